The van der Waals surface area contributed by atoms with Crippen LogP contribution in [0.4, 0.5) is 8.78 Å². The van der Waals surface area contributed by atoms with E-state index in [0.29, 0.717) is 17.9 Å². The summed E-state index contributed by atoms with van der Waals surface area (Å²) < 4.78 is 32.8. The lowest BCUT2D eigenvalue weighted by molar-refractivity contribution is -0.119. The summed E-state index contributed by atoms with van der Waals surface area (Å²) >= 11 is 0. The van der Waals surface area contributed by atoms with Crippen LogP contribution in [0.3, 0.4) is 0 Å². The van der Waals surface area contributed by atoms with Crippen LogP contribution in [0.2, 0.25) is 0 Å². The van der Waals surface area contributed by atoms with Crippen molar-refractivity contribution in [3.63, 3.8) is 0 Å². The Bertz CT molecular complexity index is 1020. The standard InChI is InChI=1S/C23H20F2N2O3/c24-19-8-4-7-18(21(19)25)23(29)27-20(22(26)28)13-15-9-11-17(12-10-15)30-14-16-5-2-1-3-6-16/h1-12,20H,13-14H2,(H2,26,28)(H,27,29)/t20-/m0/s1. The molecular weight excluding hydrogens is 390 g/mol. The van der Waals surface area contributed by atoms with Crippen LogP contribution >= 0.6 is 0 Å². The first kappa shape index (κ1) is 21.0. The Labute approximate surface area is 172 Å². The molecule has 3 rings (SSSR count). The van der Waals surface area contributed by atoms with Crippen LogP contribution in [0, 0.1) is 11.6 Å². The molecule has 0 saturated carbocycles. The number of primary amides is 1. The van der Waals surface area contributed by atoms with E-state index < -0.39 is 35.1 Å². The summed E-state index contributed by atoms with van der Waals surface area (Å²) in [6.45, 7) is 0.416. The molecule has 0 aliphatic heterocycles. The number of ether oxygens (including phenoxy) is 1. The zero-order valence-electron chi connectivity index (χ0n) is 16.0. The summed E-state index contributed by atoms with van der Waals surface area (Å²) in [5.41, 5.74) is 6.62. The third-order valence-corrected chi connectivity index (χ3v) is 4.46. The van der Waals surface area contributed by atoms with Gasteiger partial charge in [-0.15, -0.1) is 0 Å². The Morgan fingerprint density at radius 3 is 2.27 bits per heavy atom. The average molecular weight is 410 g/mol. The predicted molar refractivity (Wildman–Crippen MR) is 108 cm³/mol. The van der Waals surface area contributed by atoms with Crippen molar-refractivity contribution in [2.24, 2.45) is 5.73 Å². The molecule has 2 amide bonds. The van der Waals surface area contributed by atoms with Gasteiger partial charge in [0.25, 0.3) is 5.91 Å². The summed E-state index contributed by atoms with van der Waals surface area (Å²) in [7, 11) is 0. The molecule has 0 aliphatic carbocycles. The van der Waals surface area contributed by atoms with E-state index in [1.165, 1.54) is 6.07 Å². The lowest BCUT2D eigenvalue weighted by Crippen LogP contribution is -2.46. The van der Waals surface area contributed by atoms with Crippen LogP contribution in [-0.2, 0) is 17.8 Å². The molecular formula is C23H20F2N2O3. The normalized spacial score (nSPS) is 11.5. The fourth-order valence-corrected chi connectivity index (χ4v) is 2.84. The van der Waals surface area contributed by atoms with Crippen molar-refractivity contribution in [2.75, 3.05) is 0 Å². The highest BCUT2D eigenvalue weighted by molar-refractivity contribution is 5.97. The van der Waals surface area contributed by atoms with Crippen LogP contribution in [-0.4, -0.2) is 17.9 Å². The monoisotopic (exact) mass is 410 g/mol. The lowest BCUT2D eigenvalue weighted by Gasteiger charge is -2.16. The third kappa shape index (κ3) is 5.41. The smallest absolute Gasteiger partial charge is 0.255 e. The van der Waals surface area contributed by atoms with Crippen molar-refractivity contribution in [2.45, 2.75) is 19.1 Å². The molecule has 3 aromatic carbocycles. The van der Waals surface area contributed by atoms with E-state index in [0.717, 1.165) is 17.7 Å². The van der Waals surface area contributed by atoms with Crippen LogP contribution in [0.15, 0.2) is 72.8 Å². The molecule has 0 radical (unpaired) electrons. The van der Waals surface area contributed by atoms with Crippen molar-refractivity contribution >= 4 is 11.8 Å². The van der Waals surface area contributed by atoms with Gasteiger partial charge in [0.05, 0.1) is 5.56 Å². The first-order valence-corrected chi connectivity index (χ1v) is 9.24. The highest BCUT2D eigenvalue weighted by atomic mass is 19.2. The average Bonchev–Trinajstić information content (AvgIpc) is 2.75. The van der Waals surface area contributed by atoms with E-state index >= 15 is 0 Å². The Kier molecular flexibility index (Phi) is 6.75. The van der Waals surface area contributed by atoms with Gasteiger partial charge in [-0.25, -0.2) is 8.78 Å². The quantitative estimate of drug-likeness (QED) is 0.597. The number of rotatable bonds is 8. The highest BCUT2D eigenvalue weighted by Crippen LogP contribution is 2.16. The van der Waals surface area contributed by atoms with Crippen molar-refractivity contribution in [1.82, 2.24) is 5.32 Å². The Morgan fingerprint density at radius 2 is 1.60 bits per heavy atom. The molecule has 30 heavy (non-hydrogen) atoms. The molecule has 5 nitrogen and oxygen atoms in total. The summed E-state index contributed by atoms with van der Waals surface area (Å²) in [6.07, 6.45) is 0.0942. The topological polar surface area (TPSA) is 81.4 Å². The van der Waals surface area contributed by atoms with E-state index in [-0.39, 0.29) is 6.42 Å². The Balaban J connectivity index is 1.62. The molecule has 0 aliphatic rings. The van der Waals surface area contributed by atoms with Gasteiger partial charge in [-0.2, -0.15) is 0 Å². The summed E-state index contributed by atoms with van der Waals surface area (Å²) in [4.78, 5) is 24.0. The second kappa shape index (κ2) is 9.65. The number of carbonyl (C=O) groups excluding carboxylic acids is 2. The maximum atomic E-state index is 13.8. The van der Waals surface area contributed by atoms with Crippen molar-refractivity contribution in [3.05, 3.63) is 101 Å². The fraction of sp³-hybridized carbons (Fsp3) is 0.130. The maximum absolute atomic E-state index is 13.8. The minimum absolute atomic E-state index is 0.0942. The molecule has 0 spiro atoms. The van der Waals surface area contributed by atoms with Crippen LogP contribution in [0.25, 0.3) is 0 Å². The molecule has 0 bridgehead atoms. The maximum Gasteiger partial charge on any atom is 0.255 e. The summed E-state index contributed by atoms with van der Waals surface area (Å²) in [6, 6.07) is 18.8. The van der Waals surface area contributed by atoms with Gasteiger partial charge in [0.15, 0.2) is 11.6 Å². The largest absolute Gasteiger partial charge is 0.489 e. The molecule has 3 N–H and O–H groups in total. The van der Waals surface area contributed by atoms with E-state index in [4.69, 9.17) is 10.5 Å². The molecule has 3 aromatic rings. The molecule has 0 unspecified atom stereocenters. The minimum atomic E-state index is -1.28. The Morgan fingerprint density at radius 1 is 0.900 bits per heavy atom. The third-order valence-electron chi connectivity index (χ3n) is 4.46. The SMILES string of the molecule is NC(=O)[C@H](Cc1ccc(OCc2ccccc2)cc1)NC(=O)c1cccc(F)c1F. The van der Waals surface area contributed by atoms with E-state index in [2.05, 4.69) is 5.32 Å². The lowest BCUT2D eigenvalue weighted by atomic mass is 10.0. The van der Waals surface area contributed by atoms with Gasteiger partial charge in [0.2, 0.25) is 5.91 Å². The fourth-order valence-electron chi connectivity index (χ4n) is 2.84. The van der Waals surface area contributed by atoms with E-state index in [1.54, 1.807) is 24.3 Å². The predicted octanol–water partition coefficient (Wildman–Crippen LogP) is 3.37. The summed E-state index contributed by atoms with van der Waals surface area (Å²) in [5, 5.41) is 2.36. The number of benzene rings is 3. The zero-order chi connectivity index (χ0) is 21.5. The molecule has 154 valence electrons. The Hall–Kier alpha value is -3.74. The minimum Gasteiger partial charge on any atom is -0.489 e. The number of halogens is 2. The van der Waals surface area contributed by atoms with Crippen LogP contribution < -0.4 is 15.8 Å². The van der Waals surface area contributed by atoms with Crippen molar-refractivity contribution < 1.29 is 23.1 Å². The van der Waals surface area contributed by atoms with Gasteiger partial charge >= 0.3 is 0 Å². The second-order valence-electron chi connectivity index (χ2n) is 6.65. The molecule has 7 heteroatoms. The molecule has 1 atom stereocenters. The number of amides is 2. The van der Waals surface area contributed by atoms with E-state index in [1.807, 2.05) is 30.3 Å². The van der Waals surface area contributed by atoms with E-state index in [9.17, 15) is 18.4 Å². The molecule has 0 heterocycles. The van der Waals surface area contributed by atoms with Crippen molar-refractivity contribution in [1.29, 1.82) is 0 Å². The second-order valence-corrected chi connectivity index (χ2v) is 6.65. The van der Waals surface area contributed by atoms with Gasteiger partial charge in [-0.3, -0.25) is 9.59 Å². The van der Waals surface area contributed by atoms with Crippen molar-refractivity contribution in [3.8, 4) is 5.75 Å². The number of carbonyl (C=O) groups is 2. The molecule has 0 aromatic heterocycles. The van der Waals surface area contributed by atoms with Crippen LogP contribution in [0.1, 0.15) is 21.5 Å². The van der Waals surface area contributed by atoms with Gasteiger partial charge in [-0.1, -0.05) is 48.5 Å². The molecule has 0 fully saturated rings. The summed E-state index contributed by atoms with van der Waals surface area (Å²) in [5.74, 6) is -3.49. The number of hydrogen-bond donors (Lipinski definition) is 2. The number of nitrogens with two attached hydrogens (primary N) is 1. The number of hydrogen-bond acceptors (Lipinski definition) is 3. The van der Waals surface area contributed by atoms with Gasteiger partial charge < -0.3 is 15.8 Å². The van der Waals surface area contributed by atoms with Gasteiger partial charge in [0.1, 0.15) is 18.4 Å². The number of nitrogens with one attached hydrogen (secondary N) is 1. The molecule has 0 saturated heterocycles. The van der Waals surface area contributed by atoms with Gasteiger partial charge in [0, 0.05) is 6.42 Å². The first-order chi connectivity index (χ1) is 14.4. The zero-order valence-corrected chi connectivity index (χ0v) is 16.0. The highest BCUT2D eigenvalue weighted by Gasteiger charge is 2.22. The van der Waals surface area contributed by atoms with Gasteiger partial charge in [-0.05, 0) is 35.4 Å². The first-order valence-electron chi connectivity index (χ1n) is 9.24. The van der Waals surface area contributed by atoms with Crippen LogP contribution in [0.5, 0.6) is 5.75 Å².